The van der Waals surface area contributed by atoms with Crippen LogP contribution < -0.4 is 20.5 Å². The summed E-state index contributed by atoms with van der Waals surface area (Å²) in [6, 6.07) is 15.4. The van der Waals surface area contributed by atoms with Crippen LogP contribution in [-0.4, -0.2) is 52.3 Å². The third kappa shape index (κ3) is 7.51. The number of aromatic nitrogens is 2. The number of nitrogens with two attached hydrogens (primary N) is 1. The van der Waals surface area contributed by atoms with E-state index in [4.69, 9.17) is 15.2 Å². The largest absolute Gasteiger partial charge is 0.491 e. The summed E-state index contributed by atoms with van der Waals surface area (Å²) in [7, 11) is 0. The van der Waals surface area contributed by atoms with Crippen LogP contribution in [0.5, 0.6) is 11.5 Å². The predicted octanol–water partition coefficient (Wildman–Crippen LogP) is 5.41. The highest BCUT2D eigenvalue weighted by molar-refractivity contribution is 5.95. The summed E-state index contributed by atoms with van der Waals surface area (Å²) >= 11 is 0. The fraction of sp³-hybridized carbons (Fsp3) is 0.294. The molecule has 47 heavy (non-hydrogen) atoms. The number of carbonyl (C=O) groups excluding carboxylic acids is 2. The Morgan fingerprint density at radius 1 is 1.04 bits per heavy atom. The number of nitrogens with one attached hydrogen (secondary N) is 1. The number of aryl methyl sites for hydroxylation is 1. The van der Waals surface area contributed by atoms with E-state index < -0.39 is 48.1 Å². The Hall–Kier alpha value is -5.04. The molecular formula is C34H32F4N4O5. The van der Waals surface area contributed by atoms with Crippen LogP contribution in [0.25, 0.3) is 22.5 Å². The summed E-state index contributed by atoms with van der Waals surface area (Å²) in [5, 5.41) is 13.4. The van der Waals surface area contributed by atoms with Crippen molar-refractivity contribution in [3.8, 4) is 34.0 Å². The van der Waals surface area contributed by atoms with Crippen LogP contribution in [0.3, 0.4) is 0 Å². The third-order valence-electron chi connectivity index (χ3n) is 7.44. The first-order valence-electron chi connectivity index (χ1n) is 14.8. The number of amides is 2. The second-order valence-electron chi connectivity index (χ2n) is 11.2. The van der Waals surface area contributed by atoms with Gasteiger partial charge in [0, 0.05) is 27.9 Å². The van der Waals surface area contributed by atoms with Gasteiger partial charge in [0.15, 0.2) is 0 Å². The van der Waals surface area contributed by atoms with Gasteiger partial charge in [-0.25, -0.2) is 9.37 Å². The van der Waals surface area contributed by atoms with E-state index in [1.165, 1.54) is 24.3 Å². The quantitative estimate of drug-likeness (QED) is 0.174. The van der Waals surface area contributed by atoms with E-state index in [0.717, 1.165) is 36.7 Å². The predicted molar refractivity (Wildman–Crippen MR) is 164 cm³/mol. The van der Waals surface area contributed by atoms with Gasteiger partial charge in [0.1, 0.15) is 23.0 Å². The molecule has 1 aliphatic carbocycles. The number of carbonyl (C=O) groups is 2. The monoisotopic (exact) mass is 652 g/mol. The number of aliphatic hydroxyl groups is 1. The maximum absolute atomic E-state index is 14.7. The zero-order chi connectivity index (χ0) is 33.9. The minimum Gasteiger partial charge on any atom is -0.491 e. The molecule has 0 aliphatic heterocycles. The maximum atomic E-state index is 14.7. The molecule has 246 valence electrons. The van der Waals surface area contributed by atoms with Crippen LogP contribution in [-0.2, 0) is 16.8 Å². The minimum atomic E-state index is -5.36. The highest BCUT2D eigenvalue weighted by atomic mass is 19.4. The average Bonchev–Trinajstić information content (AvgIpc) is 3.84. The summed E-state index contributed by atoms with van der Waals surface area (Å²) in [6.07, 6.45) is -4.32. The average molecular weight is 653 g/mol. The lowest BCUT2D eigenvalue weighted by Crippen LogP contribution is -2.51. The van der Waals surface area contributed by atoms with Crippen LogP contribution in [0.2, 0.25) is 0 Å². The normalized spacial score (nSPS) is 14.3. The van der Waals surface area contributed by atoms with Gasteiger partial charge in [0.25, 0.3) is 5.91 Å². The molecule has 4 N–H and O–H groups in total. The zero-order valence-electron chi connectivity index (χ0n) is 25.5. The maximum Gasteiger partial charge on any atom is 0.424 e. The van der Waals surface area contributed by atoms with Crippen molar-refractivity contribution >= 4 is 11.8 Å². The fourth-order valence-corrected chi connectivity index (χ4v) is 4.90. The Morgan fingerprint density at radius 2 is 1.77 bits per heavy atom. The molecule has 9 nitrogen and oxygen atoms in total. The molecule has 0 radical (unpaired) electrons. The first-order chi connectivity index (χ1) is 22.3. The van der Waals surface area contributed by atoms with Gasteiger partial charge >= 0.3 is 6.18 Å². The van der Waals surface area contributed by atoms with Gasteiger partial charge in [-0.1, -0.05) is 6.07 Å². The third-order valence-corrected chi connectivity index (χ3v) is 7.44. The van der Waals surface area contributed by atoms with Crippen molar-refractivity contribution in [2.75, 3.05) is 13.2 Å². The molecule has 0 bridgehead atoms. The molecule has 0 saturated heterocycles. The molecule has 2 amide bonds. The molecule has 13 heteroatoms. The molecule has 1 aliphatic rings. The van der Waals surface area contributed by atoms with Gasteiger partial charge in [0.2, 0.25) is 11.5 Å². The number of primary amides is 1. The van der Waals surface area contributed by atoms with E-state index in [2.05, 4.69) is 15.3 Å². The number of hydrogen-bond acceptors (Lipinski definition) is 7. The lowest BCUT2D eigenvalue weighted by molar-refractivity contribution is -0.265. The molecule has 2 aromatic heterocycles. The van der Waals surface area contributed by atoms with Crippen molar-refractivity contribution in [1.82, 2.24) is 15.3 Å². The highest BCUT2D eigenvalue weighted by Crippen LogP contribution is 2.42. The molecule has 2 aromatic carbocycles. The van der Waals surface area contributed by atoms with Crippen LogP contribution >= 0.6 is 0 Å². The Bertz CT molecular complexity index is 1790. The first-order valence-corrected chi connectivity index (χ1v) is 14.8. The van der Waals surface area contributed by atoms with Crippen molar-refractivity contribution in [3.05, 3.63) is 95.1 Å². The summed E-state index contributed by atoms with van der Waals surface area (Å²) < 4.78 is 69.5. The Labute approximate surface area is 267 Å². The van der Waals surface area contributed by atoms with Gasteiger partial charge in [0.05, 0.1) is 37.1 Å². The Balaban J connectivity index is 1.52. The number of benzene rings is 2. The molecular weight excluding hydrogens is 620 g/mol. The summed E-state index contributed by atoms with van der Waals surface area (Å²) in [5.74, 6) is -2.12. The molecule has 1 fully saturated rings. The van der Waals surface area contributed by atoms with Gasteiger partial charge in [-0.05, 0) is 87.4 Å². The second kappa shape index (κ2) is 13.4. The number of hydrogen-bond donors (Lipinski definition) is 3. The van der Waals surface area contributed by atoms with E-state index in [1.807, 2.05) is 19.1 Å². The molecule has 1 saturated carbocycles. The van der Waals surface area contributed by atoms with E-state index in [9.17, 15) is 32.3 Å². The Morgan fingerprint density at radius 3 is 2.38 bits per heavy atom. The SMILES string of the molecule is CCOc1c(CC(N)=O)cc([C@@](O)(CNC(=O)c2ccc(-c3cccc(C)n3)c(OC3CC3)c2)C(F)(F)F)nc1-c1ccc(F)cc1. The van der Waals surface area contributed by atoms with E-state index in [-0.39, 0.29) is 40.8 Å². The molecule has 2 heterocycles. The van der Waals surface area contributed by atoms with Crippen LogP contribution in [0.4, 0.5) is 17.6 Å². The summed E-state index contributed by atoms with van der Waals surface area (Å²) in [4.78, 5) is 33.8. The fourth-order valence-electron chi connectivity index (χ4n) is 4.90. The number of ether oxygens (including phenoxy) is 2. The van der Waals surface area contributed by atoms with Gasteiger partial charge in [-0.3, -0.25) is 14.6 Å². The smallest absolute Gasteiger partial charge is 0.424 e. The van der Waals surface area contributed by atoms with Crippen molar-refractivity contribution in [1.29, 1.82) is 0 Å². The number of alkyl halides is 3. The van der Waals surface area contributed by atoms with Crippen molar-refractivity contribution in [2.45, 2.75) is 51.0 Å². The Kier molecular flexibility index (Phi) is 9.48. The van der Waals surface area contributed by atoms with Crippen molar-refractivity contribution in [2.24, 2.45) is 5.73 Å². The summed E-state index contributed by atoms with van der Waals surface area (Å²) in [5.41, 5.74) is 2.58. The molecule has 0 spiro atoms. The molecule has 5 rings (SSSR count). The number of rotatable bonds is 12. The van der Waals surface area contributed by atoms with Crippen LogP contribution in [0.1, 0.15) is 47.1 Å². The van der Waals surface area contributed by atoms with E-state index in [1.54, 1.807) is 19.1 Å². The van der Waals surface area contributed by atoms with Gasteiger partial charge in [-0.2, -0.15) is 13.2 Å². The van der Waals surface area contributed by atoms with Gasteiger partial charge < -0.3 is 25.6 Å². The zero-order valence-corrected chi connectivity index (χ0v) is 25.5. The molecule has 1 atom stereocenters. The lowest BCUT2D eigenvalue weighted by Gasteiger charge is -2.31. The van der Waals surface area contributed by atoms with Crippen molar-refractivity contribution in [3.63, 3.8) is 0 Å². The second-order valence-corrected chi connectivity index (χ2v) is 11.2. The van der Waals surface area contributed by atoms with E-state index in [0.29, 0.717) is 17.0 Å². The topological polar surface area (TPSA) is 137 Å². The van der Waals surface area contributed by atoms with Crippen LogP contribution in [0.15, 0.2) is 66.7 Å². The first kappa shape index (κ1) is 33.3. The number of halogens is 4. The van der Waals surface area contributed by atoms with E-state index >= 15 is 0 Å². The van der Waals surface area contributed by atoms with Gasteiger partial charge in [-0.15, -0.1) is 0 Å². The van der Waals surface area contributed by atoms with Crippen LogP contribution in [0, 0.1) is 12.7 Å². The minimum absolute atomic E-state index is 0.0114. The molecule has 4 aromatic rings. The summed E-state index contributed by atoms with van der Waals surface area (Å²) in [6.45, 7) is 2.15. The number of nitrogens with zero attached hydrogens (tertiary/aromatic N) is 2. The van der Waals surface area contributed by atoms with Crippen molar-refractivity contribution < 1.29 is 41.7 Å². The lowest BCUT2D eigenvalue weighted by atomic mass is 9.93. The number of pyridine rings is 2. The molecule has 0 unspecified atom stereocenters. The standard InChI is InChI=1S/C34H32F4N4O5/c1-3-46-31-22(17-29(39)43)16-28(42-30(31)20-7-10-23(35)11-8-20)33(45,34(36,37)38)18-40-32(44)21-9-14-25(26-6-4-5-19(2)41-26)27(15-21)47-24-12-13-24/h4-11,14-16,24,45H,3,12-13,17-18H2,1-2H3,(H2,39,43)(H,40,44)/t33-/m0/s1. The highest BCUT2D eigenvalue weighted by Gasteiger charge is 2.56.